The van der Waals surface area contributed by atoms with Crippen molar-refractivity contribution in [2.75, 3.05) is 18.6 Å². The average molecular weight is 363 g/mol. The van der Waals surface area contributed by atoms with Crippen LogP contribution < -0.4 is 4.90 Å². The van der Waals surface area contributed by atoms with Crippen LogP contribution in [0.1, 0.15) is 53.8 Å². The van der Waals surface area contributed by atoms with Gasteiger partial charge in [-0.05, 0) is 37.5 Å². The van der Waals surface area contributed by atoms with Gasteiger partial charge in [0.1, 0.15) is 0 Å². The molecule has 2 aromatic rings. The van der Waals surface area contributed by atoms with Crippen molar-refractivity contribution in [1.82, 2.24) is 5.16 Å². The van der Waals surface area contributed by atoms with Crippen molar-refractivity contribution >= 4 is 29.2 Å². The molecule has 0 radical (unpaired) electrons. The number of amides is 1. The largest absolute Gasteiger partial charge is 0.452 e. The fourth-order valence-corrected chi connectivity index (χ4v) is 2.93. The van der Waals surface area contributed by atoms with E-state index >= 15 is 0 Å². The molecule has 0 bridgehead atoms. The molecule has 25 heavy (non-hydrogen) atoms. The molecule has 1 aliphatic carbocycles. The van der Waals surface area contributed by atoms with E-state index < -0.39 is 6.09 Å². The summed E-state index contributed by atoms with van der Waals surface area (Å²) in [6, 6.07) is 4.85. The molecular weight excluding hydrogens is 344 g/mol. The molecule has 0 spiro atoms. The van der Waals surface area contributed by atoms with Gasteiger partial charge in [-0.25, -0.2) is 4.79 Å². The molecule has 0 aliphatic heterocycles. The maximum atomic E-state index is 13.1. The summed E-state index contributed by atoms with van der Waals surface area (Å²) in [5, 5.41) is 4.22. The van der Waals surface area contributed by atoms with Gasteiger partial charge in [0.25, 0.3) is 0 Å². The first kappa shape index (κ1) is 17.5. The molecule has 0 N–H and O–H groups in total. The number of benzene rings is 1. The van der Waals surface area contributed by atoms with Crippen molar-refractivity contribution in [3.63, 3.8) is 0 Å². The summed E-state index contributed by atoms with van der Waals surface area (Å²) in [6.07, 6.45) is 3.60. The van der Waals surface area contributed by atoms with Crippen LogP contribution in [-0.2, 0) is 4.74 Å². The Hall–Kier alpha value is -2.34. The number of halogens is 1. The van der Waals surface area contributed by atoms with Gasteiger partial charge in [-0.15, -0.1) is 0 Å². The first-order valence-corrected chi connectivity index (χ1v) is 8.58. The van der Waals surface area contributed by atoms with Gasteiger partial charge in [0.2, 0.25) is 0 Å². The zero-order valence-corrected chi connectivity index (χ0v) is 14.9. The molecule has 0 atom stereocenters. The molecule has 1 aromatic heterocycles. The van der Waals surface area contributed by atoms with Crippen molar-refractivity contribution in [3.8, 4) is 0 Å². The number of rotatable bonds is 6. The second kappa shape index (κ2) is 7.27. The summed E-state index contributed by atoms with van der Waals surface area (Å²) >= 11 is 6.11. The third-order valence-electron chi connectivity index (χ3n) is 4.13. The normalized spacial score (nSPS) is 13.6. The number of ketones is 1. The standard InChI is InChI=1S/C18H19ClN2O4/c1-3-8-21(18(23)24-2)15-9-12(19)6-7-13(15)16(22)14-10-20-25-17(14)11-4-5-11/h6-7,9-11H,3-5,8H2,1-2H3. The SMILES string of the molecule is CCCN(C(=O)OC)c1cc(Cl)ccc1C(=O)c1cnoc1C1CC1. The van der Waals surface area contributed by atoms with E-state index in [4.69, 9.17) is 20.9 Å². The maximum absolute atomic E-state index is 13.1. The average Bonchev–Trinajstić information content (AvgIpc) is 3.35. The van der Waals surface area contributed by atoms with Crippen LogP contribution in [0.25, 0.3) is 0 Å². The van der Waals surface area contributed by atoms with E-state index in [1.807, 2.05) is 6.92 Å². The topological polar surface area (TPSA) is 72.6 Å². The maximum Gasteiger partial charge on any atom is 0.414 e. The molecule has 1 aliphatic rings. The summed E-state index contributed by atoms with van der Waals surface area (Å²) in [5.41, 5.74) is 1.23. The van der Waals surface area contributed by atoms with E-state index in [1.54, 1.807) is 18.2 Å². The number of hydrogen-bond donors (Lipinski definition) is 0. The third-order valence-corrected chi connectivity index (χ3v) is 4.36. The highest BCUT2D eigenvalue weighted by molar-refractivity contribution is 6.31. The number of nitrogens with zero attached hydrogens (tertiary/aromatic N) is 2. The van der Waals surface area contributed by atoms with Crippen LogP contribution in [0.5, 0.6) is 0 Å². The minimum Gasteiger partial charge on any atom is -0.452 e. The van der Waals surface area contributed by atoms with Crippen molar-refractivity contribution in [2.24, 2.45) is 0 Å². The Kier molecular flexibility index (Phi) is 5.08. The van der Waals surface area contributed by atoms with Gasteiger partial charge in [0, 0.05) is 23.0 Å². The summed E-state index contributed by atoms with van der Waals surface area (Å²) in [7, 11) is 1.31. The van der Waals surface area contributed by atoms with E-state index in [-0.39, 0.29) is 11.7 Å². The third kappa shape index (κ3) is 3.54. The lowest BCUT2D eigenvalue weighted by molar-refractivity contribution is 0.103. The summed E-state index contributed by atoms with van der Waals surface area (Å²) in [6.45, 7) is 2.35. The Morgan fingerprint density at radius 3 is 2.76 bits per heavy atom. The second-order valence-corrected chi connectivity index (χ2v) is 6.43. The first-order valence-electron chi connectivity index (χ1n) is 8.21. The molecule has 1 amide bonds. The fraction of sp³-hybridized carbons (Fsp3) is 0.389. The van der Waals surface area contributed by atoms with E-state index in [1.165, 1.54) is 18.2 Å². The molecule has 1 heterocycles. The zero-order valence-electron chi connectivity index (χ0n) is 14.1. The van der Waals surface area contributed by atoms with Crippen molar-refractivity contribution in [1.29, 1.82) is 0 Å². The van der Waals surface area contributed by atoms with E-state index in [9.17, 15) is 9.59 Å². The molecule has 0 unspecified atom stereocenters. The number of carbonyl (C=O) groups excluding carboxylic acids is 2. The molecule has 6 nitrogen and oxygen atoms in total. The molecule has 7 heteroatoms. The molecule has 1 fully saturated rings. The van der Waals surface area contributed by atoms with Crippen molar-refractivity contribution < 1.29 is 18.8 Å². The molecule has 132 valence electrons. The van der Waals surface area contributed by atoms with Crippen LogP contribution in [0.2, 0.25) is 5.02 Å². The molecule has 0 saturated heterocycles. The van der Waals surface area contributed by atoms with Crippen molar-refractivity contribution in [3.05, 3.63) is 46.3 Å². The molecule has 1 aromatic carbocycles. The predicted octanol–water partition coefficient (Wildman–Crippen LogP) is 4.42. The second-order valence-electron chi connectivity index (χ2n) is 5.99. The quantitative estimate of drug-likeness (QED) is 0.711. The van der Waals surface area contributed by atoms with Gasteiger partial charge in [-0.2, -0.15) is 0 Å². The van der Waals surface area contributed by atoms with Crippen LogP contribution in [0, 0.1) is 0 Å². The fourth-order valence-electron chi connectivity index (χ4n) is 2.77. The van der Waals surface area contributed by atoms with E-state index in [0.717, 1.165) is 12.8 Å². The molecule has 1 saturated carbocycles. The van der Waals surface area contributed by atoms with Gasteiger partial charge < -0.3 is 9.26 Å². The highest BCUT2D eigenvalue weighted by atomic mass is 35.5. The van der Waals surface area contributed by atoms with Crippen LogP contribution >= 0.6 is 11.6 Å². The number of ether oxygens (including phenoxy) is 1. The number of carbonyl (C=O) groups is 2. The lowest BCUT2D eigenvalue weighted by Crippen LogP contribution is -2.33. The Balaban J connectivity index is 2.05. The van der Waals surface area contributed by atoms with Crippen LogP contribution in [-0.4, -0.2) is 30.7 Å². The van der Waals surface area contributed by atoms with Crippen LogP contribution in [0.3, 0.4) is 0 Å². The lowest BCUT2D eigenvalue weighted by Gasteiger charge is -2.23. The molecular formula is C18H19ClN2O4. The lowest BCUT2D eigenvalue weighted by atomic mass is 10.0. The summed E-state index contributed by atoms with van der Waals surface area (Å²) < 4.78 is 10.1. The number of hydrogen-bond acceptors (Lipinski definition) is 5. The smallest absolute Gasteiger partial charge is 0.414 e. The summed E-state index contributed by atoms with van der Waals surface area (Å²) in [5.74, 6) is 0.635. The Bertz CT molecular complexity index is 798. The van der Waals surface area contributed by atoms with Crippen molar-refractivity contribution in [2.45, 2.75) is 32.1 Å². The van der Waals surface area contributed by atoms with Gasteiger partial charge in [-0.3, -0.25) is 9.69 Å². The molecule has 3 rings (SSSR count). The highest BCUT2D eigenvalue weighted by Gasteiger charge is 2.34. The Morgan fingerprint density at radius 2 is 2.12 bits per heavy atom. The number of methoxy groups -OCH3 is 1. The minimum absolute atomic E-state index is 0.236. The Labute approximate surface area is 150 Å². The van der Waals surface area contributed by atoms with Gasteiger partial charge >= 0.3 is 6.09 Å². The van der Waals surface area contributed by atoms with Gasteiger partial charge in [0.05, 0.1) is 24.6 Å². The summed E-state index contributed by atoms with van der Waals surface area (Å²) in [4.78, 5) is 26.7. The monoisotopic (exact) mass is 362 g/mol. The highest BCUT2D eigenvalue weighted by Crippen LogP contribution is 2.42. The van der Waals surface area contributed by atoms with Gasteiger partial charge in [-0.1, -0.05) is 23.7 Å². The number of aromatic nitrogens is 1. The Morgan fingerprint density at radius 1 is 1.36 bits per heavy atom. The van der Waals surface area contributed by atoms with Crippen LogP contribution in [0.4, 0.5) is 10.5 Å². The minimum atomic E-state index is -0.536. The van der Waals surface area contributed by atoms with Gasteiger partial charge in [0.15, 0.2) is 11.5 Å². The zero-order chi connectivity index (χ0) is 18.0. The predicted molar refractivity (Wildman–Crippen MR) is 93.4 cm³/mol. The van der Waals surface area contributed by atoms with Crippen LogP contribution in [0.15, 0.2) is 28.9 Å². The van der Waals surface area contributed by atoms with E-state index in [2.05, 4.69) is 5.16 Å². The number of anilines is 1. The van der Waals surface area contributed by atoms with E-state index in [0.29, 0.717) is 40.6 Å². The first-order chi connectivity index (χ1) is 12.1.